The molecule has 2 rings (SSSR count). The molecule has 0 aromatic rings. The van der Waals surface area contributed by atoms with Crippen LogP contribution >= 0.6 is 0 Å². The molecule has 4 atom stereocenters. The van der Waals surface area contributed by atoms with Crippen molar-refractivity contribution in [2.45, 2.75) is 71.6 Å². The second-order valence-electron chi connectivity index (χ2n) is 7.56. The number of nitrogens with one attached hydrogen (secondary N) is 1. The molecule has 6 nitrogen and oxygen atoms in total. The average molecular weight is 326 g/mol. The Labute approximate surface area is 138 Å². The standard InChI is InChI=1S/C17H30N2O4/c1-6-10(7-2)14-13-12(18-16(21)22-17(3,4)5)8-11(9-20)15(13)23-19-14/h10-13,15,20H,6-9H2,1-5H3,(H,18,21)/t11-,12-,13-,15-/m1/s1. The maximum Gasteiger partial charge on any atom is 0.407 e. The van der Waals surface area contributed by atoms with Crippen molar-refractivity contribution in [2.75, 3.05) is 6.61 Å². The van der Waals surface area contributed by atoms with E-state index >= 15 is 0 Å². The number of ether oxygens (including phenoxy) is 1. The minimum absolute atomic E-state index is 0.00412. The van der Waals surface area contributed by atoms with Crippen LogP contribution in [0.15, 0.2) is 5.16 Å². The molecule has 2 N–H and O–H groups in total. The molecule has 0 unspecified atom stereocenters. The zero-order valence-corrected chi connectivity index (χ0v) is 14.8. The van der Waals surface area contributed by atoms with Gasteiger partial charge in [0.15, 0.2) is 0 Å². The SMILES string of the molecule is CCC(CC)C1=NO[C@@H]2[C@@H](CO)C[C@@H](NC(=O)OC(C)(C)C)[C@H]12. The van der Waals surface area contributed by atoms with Crippen molar-refractivity contribution in [1.29, 1.82) is 0 Å². The van der Waals surface area contributed by atoms with E-state index in [0.29, 0.717) is 12.3 Å². The quantitative estimate of drug-likeness (QED) is 0.814. The number of nitrogens with zero attached hydrogens (tertiary/aromatic N) is 1. The first-order valence-electron chi connectivity index (χ1n) is 8.64. The van der Waals surface area contributed by atoms with Gasteiger partial charge >= 0.3 is 6.09 Å². The lowest BCUT2D eigenvalue weighted by molar-refractivity contribution is 0.0205. The number of carbonyl (C=O) groups excluding carboxylic acids is 1. The zero-order chi connectivity index (χ0) is 17.2. The summed E-state index contributed by atoms with van der Waals surface area (Å²) in [4.78, 5) is 17.8. The summed E-state index contributed by atoms with van der Waals surface area (Å²) in [5.74, 6) is 0.380. The molecule has 1 heterocycles. The maximum atomic E-state index is 12.1. The van der Waals surface area contributed by atoms with Gasteiger partial charge in [-0.3, -0.25) is 0 Å². The fourth-order valence-corrected chi connectivity index (χ4v) is 3.68. The van der Waals surface area contributed by atoms with Crippen molar-refractivity contribution in [2.24, 2.45) is 22.9 Å². The fourth-order valence-electron chi connectivity index (χ4n) is 3.68. The molecule has 132 valence electrons. The van der Waals surface area contributed by atoms with Crippen LogP contribution in [0.25, 0.3) is 0 Å². The highest BCUT2D eigenvalue weighted by molar-refractivity contribution is 5.91. The molecule has 1 saturated carbocycles. The third-order valence-corrected chi connectivity index (χ3v) is 4.77. The molecule has 1 aliphatic heterocycles. The van der Waals surface area contributed by atoms with Crippen LogP contribution in [0.2, 0.25) is 0 Å². The van der Waals surface area contributed by atoms with Crippen LogP contribution in [-0.4, -0.2) is 41.3 Å². The Morgan fingerprint density at radius 1 is 1.43 bits per heavy atom. The smallest absolute Gasteiger partial charge is 0.407 e. The molecular formula is C17H30N2O4. The summed E-state index contributed by atoms with van der Waals surface area (Å²) >= 11 is 0. The summed E-state index contributed by atoms with van der Waals surface area (Å²) in [5, 5.41) is 16.9. The second-order valence-corrected chi connectivity index (χ2v) is 7.56. The molecule has 1 amide bonds. The van der Waals surface area contributed by atoms with Gasteiger partial charge in [-0.05, 0) is 40.0 Å². The number of hydrogen-bond acceptors (Lipinski definition) is 5. The Hall–Kier alpha value is -1.30. The predicted molar refractivity (Wildman–Crippen MR) is 88.2 cm³/mol. The lowest BCUT2D eigenvalue weighted by Crippen LogP contribution is -2.45. The van der Waals surface area contributed by atoms with Crippen molar-refractivity contribution in [3.8, 4) is 0 Å². The molecule has 0 aromatic carbocycles. The second kappa shape index (κ2) is 7.07. The number of aliphatic hydroxyl groups is 1. The molecule has 0 saturated heterocycles. The number of rotatable bonds is 5. The average Bonchev–Trinajstić information content (AvgIpc) is 3.00. The van der Waals surface area contributed by atoms with Gasteiger partial charge < -0.3 is 20.0 Å². The van der Waals surface area contributed by atoms with Gasteiger partial charge in [0, 0.05) is 24.5 Å². The first-order valence-corrected chi connectivity index (χ1v) is 8.64. The first kappa shape index (κ1) is 18.0. The Kier molecular flexibility index (Phi) is 5.55. The number of hydrogen-bond donors (Lipinski definition) is 2. The summed E-state index contributed by atoms with van der Waals surface area (Å²) in [6, 6.07) is -0.103. The number of alkyl carbamates (subject to hydrolysis) is 1. The van der Waals surface area contributed by atoms with Crippen LogP contribution in [-0.2, 0) is 9.57 Å². The summed E-state index contributed by atoms with van der Waals surface area (Å²) in [6.45, 7) is 9.85. The molecule has 0 bridgehead atoms. The van der Waals surface area contributed by atoms with Crippen LogP contribution in [0.5, 0.6) is 0 Å². The molecule has 6 heteroatoms. The van der Waals surface area contributed by atoms with Crippen molar-refractivity contribution in [3.63, 3.8) is 0 Å². The van der Waals surface area contributed by atoms with Gasteiger partial charge in [0.05, 0.1) is 11.6 Å². The number of oxime groups is 1. The molecule has 1 fully saturated rings. The first-order chi connectivity index (χ1) is 10.8. The van der Waals surface area contributed by atoms with E-state index in [0.717, 1.165) is 18.6 Å². The summed E-state index contributed by atoms with van der Waals surface area (Å²) in [7, 11) is 0. The van der Waals surface area contributed by atoms with Gasteiger partial charge in [-0.2, -0.15) is 0 Å². The van der Waals surface area contributed by atoms with Crippen LogP contribution in [0.4, 0.5) is 4.79 Å². The molecule has 0 spiro atoms. The van der Waals surface area contributed by atoms with Crippen molar-refractivity contribution < 1.29 is 19.5 Å². The lowest BCUT2D eigenvalue weighted by atomic mass is 9.84. The summed E-state index contributed by atoms with van der Waals surface area (Å²) < 4.78 is 5.37. The lowest BCUT2D eigenvalue weighted by Gasteiger charge is -2.26. The third-order valence-electron chi connectivity index (χ3n) is 4.77. The minimum atomic E-state index is -0.531. The highest BCUT2D eigenvalue weighted by atomic mass is 16.6. The number of carbonyl (C=O) groups is 1. The monoisotopic (exact) mass is 326 g/mol. The Morgan fingerprint density at radius 3 is 2.61 bits per heavy atom. The topological polar surface area (TPSA) is 80.2 Å². The molecule has 23 heavy (non-hydrogen) atoms. The van der Waals surface area contributed by atoms with E-state index in [1.807, 2.05) is 20.8 Å². The summed E-state index contributed by atoms with van der Waals surface area (Å²) in [5.41, 5.74) is 0.494. The molecule has 0 radical (unpaired) electrons. The van der Waals surface area contributed by atoms with Gasteiger partial charge in [-0.15, -0.1) is 0 Å². The van der Waals surface area contributed by atoms with E-state index in [1.54, 1.807) is 0 Å². The predicted octanol–water partition coefficient (Wildman–Crippen LogP) is 2.70. The summed E-state index contributed by atoms with van der Waals surface area (Å²) in [6.07, 6.45) is 2.10. The number of fused-ring (bicyclic) bond motifs is 1. The molecule has 1 aliphatic carbocycles. The highest BCUT2D eigenvalue weighted by Crippen LogP contribution is 2.41. The van der Waals surface area contributed by atoms with Crippen LogP contribution in [0.3, 0.4) is 0 Å². The Morgan fingerprint density at radius 2 is 2.09 bits per heavy atom. The van der Waals surface area contributed by atoms with Gasteiger partial charge in [-0.1, -0.05) is 19.0 Å². The number of amides is 1. The largest absolute Gasteiger partial charge is 0.444 e. The molecular weight excluding hydrogens is 296 g/mol. The van der Waals surface area contributed by atoms with Gasteiger partial charge in [0.1, 0.15) is 11.7 Å². The maximum absolute atomic E-state index is 12.1. The minimum Gasteiger partial charge on any atom is -0.444 e. The normalized spacial score (nSPS) is 30.0. The van der Waals surface area contributed by atoms with E-state index in [2.05, 4.69) is 24.3 Å². The number of aliphatic hydroxyl groups excluding tert-OH is 1. The van der Waals surface area contributed by atoms with Gasteiger partial charge in [-0.25, -0.2) is 4.79 Å². The molecule has 2 aliphatic rings. The zero-order valence-electron chi connectivity index (χ0n) is 14.8. The van der Waals surface area contributed by atoms with Gasteiger partial charge in [0.2, 0.25) is 0 Å². The third kappa shape index (κ3) is 3.97. The van der Waals surface area contributed by atoms with Crippen LogP contribution in [0.1, 0.15) is 53.9 Å². The molecule has 0 aromatic heterocycles. The van der Waals surface area contributed by atoms with E-state index in [-0.39, 0.29) is 30.6 Å². The van der Waals surface area contributed by atoms with E-state index in [9.17, 15) is 9.90 Å². The van der Waals surface area contributed by atoms with E-state index in [1.165, 1.54) is 0 Å². The van der Waals surface area contributed by atoms with Crippen LogP contribution in [0, 0.1) is 17.8 Å². The highest BCUT2D eigenvalue weighted by Gasteiger charge is 2.52. The Balaban J connectivity index is 2.12. The van der Waals surface area contributed by atoms with Crippen molar-refractivity contribution in [1.82, 2.24) is 5.32 Å². The van der Waals surface area contributed by atoms with Crippen LogP contribution < -0.4 is 5.32 Å². The van der Waals surface area contributed by atoms with Crippen molar-refractivity contribution >= 4 is 11.8 Å². The fraction of sp³-hybridized carbons (Fsp3) is 0.882. The van der Waals surface area contributed by atoms with E-state index in [4.69, 9.17) is 9.57 Å². The van der Waals surface area contributed by atoms with Gasteiger partial charge in [0.25, 0.3) is 0 Å². The Bertz CT molecular complexity index is 454. The van der Waals surface area contributed by atoms with E-state index < -0.39 is 11.7 Å². The van der Waals surface area contributed by atoms with Crippen molar-refractivity contribution in [3.05, 3.63) is 0 Å².